The van der Waals surface area contributed by atoms with Crippen molar-refractivity contribution in [1.29, 1.82) is 0 Å². The van der Waals surface area contributed by atoms with E-state index in [4.69, 9.17) is 0 Å². The quantitative estimate of drug-likeness (QED) is 0.401. The van der Waals surface area contributed by atoms with E-state index in [1.807, 2.05) is 36.4 Å². The molecule has 0 aliphatic carbocycles. The molecular weight excluding hydrogens is 478 g/mol. The van der Waals surface area contributed by atoms with Gasteiger partial charge in [0.25, 0.3) is 5.91 Å². The lowest BCUT2D eigenvalue weighted by molar-refractivity contribution is 0.0707. The Hall–Kier alpha value is -4.31. The number of likely N-dealkylation sites (N-methyl/N-ethyl adjacent to an activating group) is 1. The van der Waals surface area contributed by atoms with Gasteiger partial charge >= 0.3 is 0 Å². The van der Waals surface area contributed by atoms with Gasteiger partial charge in [-0.3, -0.25) is 4.79 Å². The summed E-state index contributed by atoms with van der Waals surface area (Å²) in [5.74, 6) is 1.87. The molecule has 0 saturated carbocycles. The van der Waals surface area contributed by atoms with Crippen molar-refractivity contribution >= 4 is 33.7 Å². The Balaban J connectivity index is 1.23. The lowest BCUT2D eigenvalue weighted by Crippen LogP contribution is -2.44. The molecule has 1 aromatic carbocycles. The molecule has 0 unspecified atom stereocenters. The Morgan fingerprint density at radius 2 is 1.84 bits per heavy atom. The van der Waals surface area contributed by atoms with Gasteiger partial charge in [0.15, 0.2) is 0 Å². The predicted octanol–water partition coefficient (Wildman–Crippen LogP) is 3.09. The largest absolute Gasteiger partial charge is 0.353 e. The van der Waals surface area contributed by atoms with Crippen molar-refractivity contribution in [1.82, 2.24) is 39.3 Å². The van der Waals surface area contributed by atoms with Crippen molar-refractivity contribution < 1.29 is 4.79 Å². The number of aryl methyl sites for hydroxylation is 1. The fourth-order valence-electron chi connectivity index (χ4n) is 5.59. The number of pyridine rings is 1. The predicted molar refractivity (Wildman–Crippen MR) is 146 cm³/mol. The van der Waals surface area contributed by atoms with Crippen LogP contribution in [-0.2, 0) is 13.1 Å². The number of anilines is 1. The molecule has 2 aliphatic heterocycles. The van der Waals surface area contributed by atoms with Crippen LogP contribution in [0.25, 0.3) is 33.1 Å². The third-order valence-corrected chi connectivity index (χ3v) is 7.72. The molecule has 0 spiro atoms. The Morgan fingerprint density at radius 3 is 2.71 bits per heavy atom. The van der Waals surface area contributed by atoms with Gasteiger partial charge in [0.05, 0.1) is 23.3 Å². The van der Waals surface area contributed by atoms with E-state index in [0.717, 1.165) is 83.1 Å². The number of piperazine rings is 1. The van der Waals surface area contributed by atoms with Crippen LogP contribution in [0.4, 0.5) is 5.82 Å². The van der Waals surface area contributed by atoms with Crippen LogP contribution in [-0.4, -0.2) is 85.0 Å². The summed E-state index contributed by atoms with van der Waals surface area (Å²) in [5.41, 5.74) is 5.27. The van der Waals surface area contributed by atoms with Crippen LogP contribution in [0.5, 0.6) is 0 Å². The van der Waals surface area contributed by atoms with Gasteiger partial charge in [0, 0.05) is 74.2 Å². The molecule has 2 aliphatic rings. The van der Waals surface area contributed by atoms with Crippen LogP contribution in [0.3, 0.4) is 0 Å². The molecule has 0 radical (unpaired) electrons. The minimum Gasteiger partial charge on any atom is -0.353 e. The van der Waals surface area contributed by atoms with Crippen molar-refractivity contribution in [3.8, 4) is 11.1 Å². The van der Waals surface area contributed by atoms with Crippen LogP contribution in [0.2, 0.25) is 0 Å². The van der Waals surface area contributed by atoms with E-state index in [9.17, 15) is 4.79 Å². The first-order valence-electron chi connectivity index (χ1n) is 13.0. The number of H-pyrrole nitrogens is 1. The topological polar surface area (TPSA) is 99.1 Å². The molecule has 6 heterocycles. The molecule has 0 atom stereocenters. The highest BCUT2D eigenvalue weighted by Crippen LogP contribution is 2.33. The summed E-state index contributed by atoms with van der Waals surface area (Å²) >= 11 is 0. The fraction of sp³-hybridized carbons (Fsp3) is 0.321. The number of carbonyl (C=O) groups excluding carboxylic acids is 1. The van der Waals surface area contributed by atoms with Gasteiger partial charge in [0.1, 0.15) is 23.6 Å². The van der Waals surface area contributed by atoms with Crippen molar-refractivity contribution in [3.63, 3.8) is 0 Å². The summed E-state index contributed by atoms with van der Waals surface area (Å²) in [5, 5.41) is 1.95. The second kappa shape index (κ2) is 8.91. The van der Waals surface area contributed by atoms with Crippen molar-refractivity contribution in [2.45, 2.75) is 20.0 Å². The molecular formula is C28H29N9O. The molecule has 5 aromatic rings. The number of aromatic amines is 1. The monoisotopic (exact) mass is 507 g/mol. The number of hydrogen-bond acceptors (Lipinski definition) is 7. The van der Waals surface area contributed by atoms with Gasteiger partial charge in [-0.2, -0.15) is 0 Å². The number of nitrogens with one attached hydrogen (secondary N) is 1. The number of nitrogens with zero attached hydrogens (tertiary/aromatic N) is 8. The molecule has 192 valence electrons. The second-order valence-electron chi connectivity index (χ2n) is 10.3. The smallest absolute Gasteiger partial charge is 0.255 e. The maximum Gasteiger partial charge on any atom is 0.255 e. The number of benzene rings is 1. The molecule has 1 saturated heterocycles. The molecule has 7 rings (SSSR count). The Labute approximate surface area is 219 Å². The Bertz CT molecular complexity index is 1680. The van der Waals surface area contributed by atoms with Crippen LogP contribution in [0, 0.1) is 6.92 Å². The Morgan fingerprint density at radius 1 is 0.974 bits per heavy atom. The number of carbonyl (C=O) groups is 1. The zero-order valence-electron chi connectivity index (χ0n) is 21.6. The lowest BCUT2D eigenvalue weighted by Gasteiger charge is -2.33. The lowest BCUT2D eigenvalue weighted by atomic mass is 10.0. The van der Waals surface area contributed by atoms with Crippen LogP contribution in [0.15, 0.2) is 49.2 Å². The Kier molecular flexibility index (Phi) is 5.36. The van der Waals surface area contributed by atoms with E-state index in [2.05, 4.69) is 58.5 Å². The van der Waals surface area contributed by atoms with Crippen LogP contribution >= 0.6 is 0 Å². The van der Waals surface area contributed by atoms with E-state index in [1.54, 1.807) is 12.5 Å². The van der Waals surface area contributed by atoms with Crippen molar-refractivity contribution in [2.24, 2.45) is 0 Å². The van der Waals surface area contributed by atoms with Gasteiger partial charge < -0.3 is 24.3 Å². The molecule has 1 amide bonds. The van der Waals surface area contributed by atoms with E-state index >= 15 is 0 Å². The maximum atomic E-state index is 13.5. The number of imidazole rings is 1. The fourth-order valence-corrected chi connectivity index (χ4v) is 5.59. The maximum absolute atomic E-state index is 13.5. The summed E-state index contributed by atoms with van der Waals surface area (Å²) < 4.78 is 2.13. The number of amides is 1. The third-order valence-electron chi connectivity index (χ3n) is 7.72. The van der Waals surface area contributed by atoms with Gasteiger partial charge in [-0.1, -0.05) is 6.07 Å². The second-order valence-corrected chi connectivity index (χ2v) is 10.3. The summed E-state index contributed by atoms with van der Waals surface area (Å²) in [4.78, 5) is 41.6. The molecule has 0 bridgehead atoms. The zero-order valence-corrected chi connectivity index (χ0v) is 21.6. The molecule has 10 nitrogen and oxygen atoms in total. The SMILES string of the molecule is Cc1cn2c(n1)CN(C(=O)c1cnc3[nH]cc(-c4ccc5ncnc(N6CCN(C)CC6)c5c4)c3c1)CC2. The first-order valence-corrected chi connectivity index (χ1v) is 13.0. The van der Waals surface area contributed by atoms with E-state index in [1.165, 1.54) is 0 Å². The number of hydrogen-bond donors (Lipinski definition) is 1. The number of rotatable bonds is 3. The standard InChI is InChI=1S/C28H29N9O/c1-18-15-36-9-10-37(16-25(36)33-18)28(38)20-12-21-23(14-30-26(21)29-13-20)19-3-4-24-22(11-19)27(32-17-31-24)35-7-5-34(2)6-8-35/h3-4,11-15,17H,5-10,16H2,1-2H3,(H,29,30). The molecule has 1 fully saturated rings. The normalized spacial score (nSPS) is 16.4. The minimum absolute atomic E-state index is 0.0253. The average Bonchev–Trinajstić information content (AvgIpc) is 3.54. The number of aromatic nitrogens is 6. The molecule has 10 heteroatoms. The van der Waals surface area contributed by atoms with Gasteiger partial charge in [-0.25, -0.2) is 19.9 Å². The van der Waals surface area contributed by atoms with E-state index < -0.39 is 0 Å². The third kappa shape index (κ3) is 3.88. The molecule has 4 aromatic heterocycles. The van der Waals surface area contributed by atoms with Crippen molar-refractivity contribution in [3.05, 3.63) is 66.3 Å². The van der Waals surface area contributed by atoms with E-state index in [-0.39, 0.29) is 5.91 Å². The van der Waals surface area contributed by atoms with Gasteiger partial charge in [0.2, 0.25) is 0 Å². The van der Waals surface area contributed by atoms with E-state index in [0.29, 0.717) is 18.7 Å². The highest BCUT2D eigenvalue weighted by molar-refractivity contribution is 6.02. The first-order chi connectivity index (χ1) is 18.5. The average molecular weight is 508 g/mol. The van der Waals surface area contributed by atoms with Gasteiger partial charge in [-0.05, 0) is 37.7 Å². The minimum atomic E-state index is -0.0253. The highest BCUT2D eigenvalue weighted by atomic mass is 16.2. The first kappa shape index (κ1) is 22.9. The number of fused-ring (bicyclic) bond motifs is 3. The van der Waals surface area contributed by atoms with Crippen LogP contribution < -0.4 is 4.90 Å². The summed E-state index contributed by atoms with van der Waals surface area (Å²) in [6.45, 7) is 7.78. The van der Waals surface area contributed by atoms with Crippen molar-refractivity contribution in [2.75, 3.05) is 44.7 Å². The molecule has 1 N–H and O–H groups in total. The van der Waals surface area contributed by atoms with Crippen LogP contribution in [0.1, 0.15) is 21.9 Å². The molecule has 38 heavy (non-hydrogen) atoms. The summed E-state index contributed by atoms with van der Waals surface area (Å²) in [6.07, 6.45) is 7.32. The summed E-state index contributed by atoms with van der Waals surface area (Å²) in [7, 11) is 2.15. The zero-order chi connectivity index (χ0) is 25.8. The van der Waals surface area contributed by atoms with Gasteiger partial charge in [-0.15, -0.1) is 0 Å². The summed E-state index contributed by atoms with van der Waals surface area (Å²) in [6, 6.07) is 8.24. The highest BCUT2D eigenvalue weighted by Gasteiger charge is 2.24.